The van der Waals surface area contributed by atoms with Crippen LogP contribution in [0, 0.1) is 0 Å². The molecule has 0 spiro atoms. The van der Waals surface area contributed by atoms with Crippen LogP contribution in [-0.2, 0) is 33.3 Å². The number of benzene rings is 3. The number of fused-ring (bicyclic) bond motifs is 4. The van der Waals surface area contributed by atoms with Gasteiger partial charge in [0.15, 0.2) is 0 Å². The first kappa shape index (κ1) is 29.3. The van der Waals surface area contributed by atoms with Crippen LogP contribution in [-0.4, -0.2) is 53.2 Å². The molecule has 0 aromatic heterocycles. The molecule has 0 radical (unpaired) electrons. The second kappa shape index (κ2) is 10.3. The van der Waals surface area contributed by atoms with E-state index >= 15 is 0 Å². The van der Waals surface area contributed by atoms with Gasteiger partial charge in [-0.25, -0.2) is 4.79 Å². The quantitative estimate of drug-likeness (QED) is 0.298. The third-order valence-corrected chi connectivity index (χ3v) is 10.0. The molecule has 3 aromatic carbocycles. The maximum Gasteiger partial charge on any atom is 0.494 e. The van der Waals surface area contributed by atoms with Crippen molar-refractivity contribution in [3.63, 3.8) is 0 Å². The summed E-state index contributed by atoms with van der Waals surface area (Å²) < 4.78 is 18.3. The van der Waals surface area contributed by atoms with Crippen molar-refractivity contribution < 1.29 is 18.8 Å². The Bertz CT molecular complexity index is 1670. The molecule has 0 unspecified atom stereocenters. The molecule has 6 nitrogen and oxygen atoms in total. The first-order valence-electron chi connectivity index (χ1n) is 16.1. The summed E-state index contributed by atoms with van der Waals surface area (Å²) in [4.78, 5) is 19.8. The molecule has 0 saturated carbocycles. The van der Waals surface area contributed by atoms with Crippen molar-refractivity contribution in [1.29, 1.82) is 0 Å². The molecule has 1 aliphatic carbocycles. The van der Waals surface area contributed by atoms with Crippen molar-refractivity contribution in [3.8, 4) is 22.3 Å². The molecule has 2 fully saturated rings. The van der Waals surface area contributed by atoms with Gasteiger partial charge in [0, 0.05) is 18.7 Å². The normalized spacial score (nSPS) is 21.5. The van der Waals surface area contributed by atoms with Crippen LogP contribution in [0.25, 0.3) is 22.3 Å². The van der Waals surface area contributed by atoms with Gasteiger partial charge < -0.3 is 14.0 Å². The summed E-state index contributed by atoms with van der Waals surface area (Å²) in [6, 6.07) is 20.2. The zero-order valence-electron chi connectivity index (χ0n) is 27.1. The first-order chi connectivity index (χ1) is 20.8. The van der Waals surface area contributed by atoms with E-state index in [0.29, 0.717) is 0 Å². The van der Waals surface area contributed by atoms with Crippen molar-refractivity contribution in [2.45, 2.75) is 103 Å². The zero-order valence-corrected chi connectivity index (χ0v) is 27.1. The van der Waals surface area contributed by atoms with Gasteiger partial charge in [-0.3, -0.25) is 9.89 Å². The number of hydrogen-bond donors (Lipinski definition) is 0. The van der Waals surface area contributed by atoms with E-state index in [1.54, 1.807) is 0 Å². The van der Waals surface area contributed by atoms with Crippen LogP contribution in [0.15, 0.2) is 59.6 Å². The summed E-state index contributed by atoms with van der Waals surface area (Å²) in [7, 11) is -0.340. The van der Waals surface area contributed by atoms with E-state index < -0.39 is 5.60 Å². The lowest BCUT2D eigenvalue weighted by Gasteiger charge is -2.32. The van der Waals surface area contributed by atoms with Gasteiger partial charge in [-0.2, -0.15) is 0 Å². The Morgan fingerprint density at radius 3 is 2.18 bits per heavy atom. The zero-order chi connectivity index (χ0) is 31.0. The average Bonchev–Trinajstić information content (AvgIpc) is 3.66. The number of hydrogen-bond acceptors (Lipinski definition) is 5. The average molecular weight is 591 g/mol. The van der Waals surface area contributed by atoms with E-state index in [0.717, 1.165) is 55.5 Å². The summed E-state index contributed by atoms with van der Waals surface area (Å²) in [5, 5.41) is 0. The van der Waals surface area contributed by atoms with E-state index in [9.17, 15) is 4.79 Å². The molecular formula is C37H43BN2O4. The summed E-state index contributed by atoms with van der Waals surface area (Å²) in [6.45, 7) is 14.9. The number of carbonyl (C=O) groups excluding carboxylic acids is 1. The molecule has 0 N–H and O–H groups in total. The molecular weight excluding hydrogens is 547 g/mol. The van der Waals surface area contributed by atoms with Gasteiger partial charge in [-0.05, 0) is 131 Å². The predicted octanol–water partition coefficient (Wildman–Crippen LogP) is 7.45. The summed E-state index contributed by atoms with van der Waals surface area (Å²) in [5.74, 6) is 0. The van der Waals surface area contributed by atoms with E-state index in [1.165, 1.54) is 38.9 Å². The van der Waals surface area contributed by atoms with Gasteiger partial charge in [-0.15, -0.1) is 0 Å². The highest BCUT2D eigenvalue weighted by Crippen LogP contribution is 2.40. The maximum absolute atomic E-state index is 12.9. The highest BCUT2D eigenvalue weighted by atomic mass is 16.7. The number of likely N-dealkylation sites (tertiary alicyclic amines) is 1. The summed E-state index contributed by atoms with van der Waals surface area (Å²) >= 11 is 0. The molecule has 3 heterocycles. The topological polar surface area (TPSA) is 60.4 Å². The van der Waals surface area contributed by atoms with Gasteiger partial charge in [0.2, 0.25) is 0 Å². The van der Waals surface area contributed by atoms with Gasteiger partial charge in [0.05, 0.1) is 22.9 Å². The van der Waals surface area contributed by atoms with Gasteiger partial charge in [-0.1, -0.05) is 42.5 Å². The van der Waals surface area contributed by atoms with Crippen LogP contribution in [0.5, 0.6) is 0 Å². The Hall–Kier alpha value is -3.42. The first-order valence-corrected chi connectivity index (χ1v) is 16.1. The van der Waals surface area contributed by atoms with Crippen LogP contribution in [0.4, 0.5) is 10.5 Å². The summed E-state index contributed by atoms with van der Waals surface area (Å²) in [5.41, 5.74) is 11.0. The molecule has 4 aliphatic rings. The lowest BCUT2D eigenvalue weighted by molar-refractivity contribution is 0.00578. The smallest absolute Gasteiger partial charge is 0.444 e. The lowest BCUT2D eigenvalue weighted by atomic mass is 9.75. The van der Waals surface area contributed by atoms with Crippen molar-refractivity contribution in [2.24, 2.45) is 4.99 Å². The Kier molecular flexibility index (Phi) is 6.87. The second-order valence-corrected chi connectivity index (χ2v) is 14.8. The molecule has 3 aliphatic heterocycles. The summed E-state index contributed by atoms with van der Waals surface area (Å²) in [6.07, 6.45) is 4.45. The molecule has 44 heavy (non-hydrogen) atoms. The number of ether oxygens (including phenoxy) is 1. The highest BCUT2D eigenvalue weighted by molar-refractivity contribution is 6.62. The van der Waals surface area contributed by atoms with Crippen LogP contribution in [0.1, 0.15) is 78.0 Å². The minimum absolute atomic E-state index is 0.00908. The minimum Gasteiger partial charge on any atom is -0.444 e. The Balaban J connectivity index is 1.08. The van der Waals surface area contributed by atoms with Crippen molar-refractivity contribution in [1.82, 2.24) is 4.90 Å². The Labute approximate surface area is 262 Å². The second-order valence-electron chi connectivity index (χ2n) is 14.8. The SMILES string of the molecule is CC(C)(C)OC(=O)N1CCC[C@H]1C1=Nc2ccc(-c3ccc4c(c3)CCc3cc(B5OC(C)(C)C(C)(C)O5)ccc3-4)cc2C1. The fourth-order valence-corrected chi connectivity index (χ4v) is 6.97. The largest absolute Gasteiger partial charge is 0.494 e. The fraction of sp³-hybridized carbons (Fsp3) is 0.459. The molecule has 7 heteroatoms. The lowest BCUT2D eigenvalue weighted by Crippen LogP contribution is -2.43. The van der Waals surface area contributed by atoms with Crippen LogP contribution < -0.4 is 5.46 Å². The van der Waals surface area contributed by atoms with E-state index in [4.69, 9.17) is 19.0 Å². The maximum atomic E-state index is 12.9. The van der Waals surface area contributed by atoms with Gasteiger partial charge >= 0.3 is 13.2 Å². The van der Waals surface area contributed by atoms with Crippen molar-refractivity contribution >= 4 is 30.1 Å². The molecule has 0 bridgehead atoms. The van der Waals surface area contributed by atoms with Gasteiger partial charge in [0.25, 0.3) is 0 Å². The van der Waals surface area contributed by atoms with Crippen molar-refractivity contribution in [3.05, 3.63) is 71.3 Å². The fourth-order valence-electron chi connectivity index (χ4n) is 6.97. The van der Waals surface area contributed by atoms with Gasteiger partial charge in [0.1, 0.15) is 5.60 Å². The van der Waals surface area contributed by atoms with E-state index in [2.05, 4.69) is 82.3 Å². The van der Waals surface area contributed by atoms with Crippen LogP contribution in [0.2, 0.25) is 0 Å². The number of aryl methyl sites for hydroxylation is 2. The van der Waals surface area contributed by atoms with Crippen molar-refractivity contribution in [2.75, 3.05) is 6.54 Å². The molecule has 1 atom stereocenters. The van der Waals surface area contributed by atoms with Crippen LogP contribution >= 0.6 is 0 Å². The van der Waals surface area contributed by atoms with E-state index in [-0.39, 0.29) is 30.5 Å². The predicted molar refractivity (Wildman–Crippen MR) is 177 cm³/mol. The third kappa shape index (κ3) is 5.18. The molecule has 228 valence electrons. The molecule has 1 amide bonds. The number of carbonyl (C=O) groups is 1. The number of rotatable bonds is 3. The number of nitrogens with zero attached hydrogens (tertiary/aromatic N) is 2. The standard InChI is InChI=1S/C37H43BN2O4/c1-35(2,3)42-34(41)40-18-8-9-33(40)32-22-27-20-24(13-17-31(27)39-32)23-12-15-29-25(19-23)10-11-26-21-28(14-16-30(26)29)38-43-36(4,5)37(6,7)44-38/h12-17,19-21,33H,8-11,18,22H2,1-7H3/t33-/m0/s1. The third-order valence-electron chi connectivity index (χ3n) is 10.0. The van der Waals surface area contributed by atoms with Crippen LogP contribution in [0.3, 0.4) is 0 Å². The number of amides is 1. The molecule has 3 aromatic rings. The molecule has 7 rings (SSSR count). The molecule has 2 saturated heterocycles. The minimum atomic E-state index is -0.506. The Morgan fingerprint density at radius 1 is 0.886 bits per heavy atom. The number of aliphatic imine (C=N–C) groups is 1. The Morgan fingerprint density at radius 2 is 1.50 bits per heavy atom. The van der Waals surface area contributed by atoms with E-state index in [1.807, 2.05) is 25.7 Å². The highest BCUT2D eigenvalue weighted by Gasteiger charge is 2.51. The monoisotopic (exact) mass is 590 g/mol.